The van der Waals surface area contributed by atoms with Gasteiger partial charge < -0.3 is 5.11 Å². The fraction of sp³-hybridized carbons (Fsp3) is 0.0556. The van der Waals surface area contributed by atoms with E-state index < -0.39 is 17.8 Å². The standard InChI is InChI=1S/C18H11N3O5/c22-15-9-14(19-21(15)11-4-2-1-3-5-11)20-16(23)12-7-6-10(18(25)26)8-13(12)17(20)24/h1-8H,9H2,(H,25,26). The zero-order chi connectivity index (χ0) is 18.4. The molecule has 8 heteroatoms. The van der Waals surface area contributed by atoms with Gasteiger partial charge in [0.15, 0.2) is 0 Å². The minimum Gasteiger partial charge on any atom is -0.478 e. The van der Waals surface area contributed by atoms with Crippen LogP contribution in [-0.2, 0) is 4.79 Å². The molecular weight excluding hydrogens is 338 g/mol. The average molecular weight is 349 g/mol. The van der Waals surface area contributed by atoms with Crippen LogP contribution in [0, 0.1) is 0 Å². The van der Waals surface area contributed by atoms with E-state index in [1.807, 2.05) is 0 Å². The summed E-state index contributed by atoms with van der Waals surface area (Å²) in [5, 5.41) is 14.3. The Kier molecular flexibility index (Phi) is 3.40. The normalized spacial score (nSPS) is 16.2. The molecule has 0 aliphatic carbocycles. The van der Waals surface area contributed by atoms with Crippen LogP contribution in [-0.4, -0.2) is 39.5 Å². The van der Waals surface area contributed by atoms with E-state index in [9.17, 15) is 19.2 Å². The lowest BCUT2D eigenvalue weighted by Crippen LogP contribution is -2.35. The molecule has 128 valence electrons. The van der Waals surface area contributed by atoms with Crippen LogP contribution in [0.15, 0.2) is 53.6 Å². The maximum atomic E-state index is 12.6. The largest absolute Gasteiger partial charge is 0.478 e. The number of aromatic carboxylic acids is 1. The Labute approximate surface area is 146 Å². The van der Waals surface area contributed by atoms with E-state index in [1.165, 1.54) is 12.1 Å². The molecule has 0 aromatic heterocycles. The highest BCUT2D eigenvalue weighted by molar-refractivity contribution is 6.32. The number of benzene rings is 2. The molecule has 0 saturated heterocycles. The molecule has 0 radical (unpaired) electrons. The number of hydrogen-bond acceptors (Lipinski definition) is 5. The minimum atomic E-state index is -1.20. The monoisotopic (exact) mass is 349 g/mol. The molecule has 2 aliphatic heterocycles. The molecule has 4 rings (SSSR count). The van der Waals surface area contributed by atoms with Gasteiger partial charge >= 0.3 is 5.97 Å². The van der Waals surface area contributed by atoms with Crippen molar-refractivity contribution in [3.63, 3.8) is 0 Å². The van der Waals surface area contributed by atoms with E-state index >= 15 is 0 Å². The highest BCUT2D eigenvalue weighted by atomic mass is 16.4. The maximum absolute atomic E-state index is 12.6. The van der Waals surface area contributed by atoms with Gasteiger partial charge in [-0.25, -0.2) is 9.69 Å². The van der Waals surface area contributed by atoms with Crippen LogP contribution in [0.25, 0.3) is 0 Å². The topological polar surface area (TPSA) is 107 Å². The molecule has 2 aromatic rings. The van der Waals surface area contributed by atoms with Crippen LogP contribution in [0.5, 0.6) is 0 Å². The number of hydrogen-bond donors (Lipinski definition) is 1. The van der Waals surface area contributed by atoms with Crippen LogP contribution in [0.4, 0.5) is 5.69 Å². The molecule has 2 heterocycles. The first-order valence-electron chi connectivity index (χ1n) is 7.69. The number of fused-ring (bicyclic) bond motifs is 1. The van der Waals surface area contributed by atoms with Crippen molar-refractivity contribution in [3.8, 4) is 0 Å². The Morgan fingerprint density at radius 3 is 2.35 bits per heavy atom. The van der Waals surface area contributed by atoms with Crippen LogP contribution < -0.4 is 5.01 Å². The number of carboxylic acid groups (broad SMARTS) is 1. The van der Waals surface area contributed by atoms with E-state index in [4.69, 9.17) is 5.11 Å². The molecule has 3 amide bonds. The maximum Gasteiger partial charge on any atom is 0.335 e. The number of rotatable bonds is 2. The number of imide groups is 1. The quantitative estimate of drug-likeness (QED) is 0.831. The van der Waals surface area contributed by atoms with E-state index in [1.54, 1.807) is 30.3 Å². The lowest BCUT2D eigenvalue weighted by atomic mass is 10.1. The molecular formula is C18H11N3O5. The van der Waals surface area contributed by atoms with Crippen molar-refractivity contribution >= 4 is 35.2 Å². The van der Waals surface area contributed by atoms with Gasteiger partial charge in [-0.05, 0) is 30.3 Å². The number of para-hydroxylation sites is 1. The third kappa shape index (κ3) is 2.27. The van der Waals surface area contributed by atoms with Gasteiger partial charge in [0.25, 0.3) is 17.7 Å². The van der Waals surface area contributed by atoms with Gasteiger partial charge in [0.2, 0.25) is 0 Å². The van der Waals surface area contributed by atoms with E-state index in [0.29, 0.717) is 5.69 Å². The van der Waals surface area contributed by atoms with Crippen molar-refractivity contribution in [1.82, 2.24) is 4.90 Å². The van der Waals surface area contributed by atoms with Crippen LogP contribution in [0.3, 0.4) is 0 Å². The molecule has 26 heavy (non-hydrogen) atoms. The van der Waals surface area contributed by atoms with Crippen molar-refractivity contribution in [2.24, 2.45) is 5.10 Å². The Hall–Kier alpha value is -3.81. The molecule has 1 N–H and O–H groups in total. The molecule has 0 unspecified atom stereocenters. The zero-order valence-electron chi connectivity index (χ0n) is 13.2. The number of amidine groups is 1. The Morgan fingerprint density at radius 1 is 0.962 bits per heavy atom. The van der Waals surface area contributed by atoms with Crippen molar-refractivity contribution in [3.05, 3.63) is 65.2 Å². The average Bonchev–Trinajstić information content (AvgIpc) is 3.13. The summed E-state index contributed by atoms with van der Waals surface area (Å²) in [7, 11) is 0. The lowest BCUT2D eigenvalue weighted by molar-refractivity contribution is -0.116. The number of carboxylic acids is 1. The van der Waals surface area contributed by atoms with Gasteiger partial charge in [-0.2, -0.15) is 10.1 Å². The molecule has 0 spiro atoms. The van der Waals surface area contributed by atoms with E-state index in [-0.39, 0.29) is 34.9 Å². The number of carbonyl (C=O) groups excluding carboxylic acids is 3. The summed E-state index contributed by atoms with van der Waals surface area (Å²) in [6, 6.07) is 12.4. The van der Waals surface area contributed by atoms with Gasteiger partial charge in [0.1, 0.15) is 5.84 Å². The summed E-state index contributed by atoms with van der Waals surface area (Å²) in [6.07, 6.45) is -0.202. The molecule has 2 aromatic carbocycles. The number of amides is 3. The highest BCUT2D eigenvalue weighted by Crippen LogP contribution is 2.28. The summed E-state index contributed by atoms with van der Waals surface area (Å²) in [5.74, 6) is -2.86. The SMILES string of the molecule is O=C(O)c1ccc2c(c1)C(=O)N(C1=NN(c3ccccc3)C(=O)C1)C2=O. The number of carbonyl (C=O) groups is 4. The van der Waals surface area contributed by atoms with Crippen LogP contribution >= 0.6 is 0 Å². The Balaban J connectivity index is 1.71. The van der Waals surface area contributed by atoms with Crippen LogP contribution in [0.1, 0.15) is 37.5 Å². The molecule has 2 aliphatic rings. The molecule has 0 fully saturated rings. The highest BCUT2D eigenvalue weighted by Gasteiger charge is 2.42. The van der Waals surface area contributed by atoms with E-state index in [0.717, 1.165) is 16.0 Å². The number of anilines is 1. The fourth-order valence-electron chi connectivity index (χ4n) is 2.92. The smallest absolute Gasteiger partial charge is 0.335 e. The lowest BCUT2D eigenvalue weighted by Gasteiger charge is -2.12. The summed E-state index contributed by atoms with van der Waals surface area (Å²) >= 11 is 0. The van der Waals surface area contributed by atoms with Gasteiger partial charge in [-0.1, -0.05) is 18.2 Å². The second-order valence-corrected chi connectivity index (χ2v) is 5.75. The summed E-state index contributed by atoms with van der Waals surface area (Å²) in [6.45, 7) is 0. The summed E-state index contributed by atoms with van der Waals surface area (Å²) < 4.78 is 0. The molecule has 0 bridgehead atoms. The van der Waals surface area contributed by atoms with Crippen LogP contribution in [0.2, 0.25) is 0 Å². The van der Waals surface area contributed by atoms with Crippen molar-refractivity contribution in [1.29, 1.82) is 0 Å². The Bertz CT molecular complexity index is 1010. The Morgan fingerprint density at radius 2 is 1.65 bits per heavy atom. The predicted molar refractivity (Wildman–Crippen MR) is 89.9 cm³/mol. The molecule has 8 nitrogen and oxygen atoms in total. The van der Waals surface area contributed by atoms with E-state index in [2.05, 4.69) is 5.10 Å². The first-order valence-corrected chi connectivity index (χ1v) is 7.69. The third-order valence-electron chi connectivity index (χ3n) is 4.15. The minimum absolute atomic E-state index is 0.0109. The summed E-state index contributed by atoms with van der Waals surface area (Å²) in [4.78, 5) is 49.4. The van der Waals surface area contributed by atoms with Crippen molar-refractivity contribution < 1.29 is 24.3 Å². The second kappa shape index (κ2) is 5.62. The summed E-state index contributed by atoms with van der Waals surface area (Å²) in [5.41, 5.74) is 0.510. The van der Waals surface area contributed by atoms with Crippen molar-refractivity contribution in [2.45, 2.75) is 6.42 Å². The zero-order valence-corrected chi connectivity index (χ0v) is 13.2. The first-order chi connectivity index (χ1) is 12.5. The van der Waals surface area contributed by atoms with Gasteiger partial charge in [0.05, 0.1) is 28.8 Å². The predicted octanol–water partition coefficient (Wildman–Crippen LogP) is 1.73. The first kappa shape index (κ1) is 15.7. The number of nitrogens with zero attached hydrogens (tertiary/aromatic N) is 3. The van der Waals surface area contributed by atoms with Gasteiger partial charge in [0, 0.05) is 0 Å². The van der Waals surface area contributed by atoms with Crippen molar-refractivity contribution in [2.75, 3.05) is 5.01 Å². The van der Waals surface area contributed by atoms with Gasteiger partial charge in [-0.15, -0.1) is 0 Å². The van der Waals surface area contributed by atoms with Gasteiger partial charge in [-0.3, -0.25) is 14.4 Å². The second-order valence-electron chi connectivity index (χ2n) is 5.75. The fourth-order valence-corrected chi connectivity index (χ4v) is 2.92. The number of hydrazone groups is 1. The molecule has 0 atom stereocenters. The third-order valence-corrected chi connectivity index (χ3v) is 4.15. The molecule has 0 saturated carbocycles.